The number of hydrogen-bond acceptors (Lipinski definition) is 3. The van der Waals surface area contributed by atoms with Gasteiger partial charge in [-0.15, -0.1) is 0 Å². The summed E-state index contributed by atoms with van der Waals surface area (Å²) in [6.07, 6.45) is 11.0. The van der Waals surface area contributed by atoms with Crippen molar-refractivity contribution < 1.29 is 14.7 Å². The monoisotopic (exact) mass is 284 g/mol. The minimum atomic E-state index is -1.06. The largest absolute Gasteiger partial charge is 0.385 e. The van der Waals surface area contributed by atoms with E-state index in [0.29, 0.717) is 12.7 Å². The van der Waals surface area contributed by atoms with Crippen molar-refractivity contribution in [2.24, 2.45) is 5.41 Å². The summed E-state index contributed by atoms with van der Waals surface area (Å²) in [6, 6.07) is 0. The predicted octanol–water partition coefficient (Wildman–Crippen LogP) is 4.06. The van der Waals surface area contributed by atoms with Crippen LogP contribution in [0.25, 0.3) is 0 Å². The van der Waals surface area contributed by atoms with Gasteiger partial charge in [-0.1, -0.05) is 64.7 Å². The van der Waals surface area contributed by atoms with Crippen LogP contribution in [0.15, 0.2) is 0 Å². The SMILES string of the molecule is CCCCCCCCCCCC(O)C(=O)C(C)(C)C=O. The number of aliphatic hydroxyl groups is 1. The van der Waals surface area contributed by atoms with Crippen LogP contribution < -0.4 is 0 Å². The normalized spacial score (nSPS) is 13.2. The van der Waals surface area contributed by atoms with Crippen LogP contribution in [0, 0.1) is 5.41 Å². The number of unbranched alkanes of at least 4 members (excludes halogenated alkanes) is 8. The average molecular weight is 284 g/mol. The molecule has 0 aliphatic heterocycles. The topological polar surface area (TPSA) is 54.4 Å². The Morgan fingerprint density at radius 2 is 1.45 bits per heavy atom. The Balaban J connectivity index is 3.55. The third kappa shape index (κ3) is 8.47. The summed E-state index contributed by atoms with van der Waals surface area (Å²) in [5.41, 5.74) is -1.06. The van der Waals surface area contributed by atoms with E-state index in [4.69, 9.17) is 0 Å². The van der Waals surface area contributed by atoms with Crippen molar-refractivity contribution >= 4 is 12.1 Å². The first-order chi connectivity index (χ1) is 9.45. The van der Waals surface area contributed by atoms with Crippen molar-refractivity contribution in [3.63, 3.8) is 0 Å². The minimum absolute atomic E-state index is 0.355. The summed E-state index contributed by atoms with van der Waals surface area (Å²) < 4.78 is 0. The van der Waals surface area contributed by atoms with E-state index in [1.54, 1.807) is 13.8 Å². The van der Waals surface area contributed by atoms with Crippen molar-refractivity contribution in [2.75, 3.05) is 0 Å². The number of ketones is 1. The van der Waals surface area contributed by atoms with E-state index >= 15 is 0 Å². The highest BCUT2D eigenvalue weighted by Crippen LogP contribution is 2.18. The second kappa shape index (κ2) is 11.0. The maximum atomic E-state index is 11.8. The average Bonchev–Trinajstić information content (AvgIpc) is 2.44. The van der Waals surface area contributed by atoms with Crippen LogP contribution in [-0.2, 0) is 9.59 Å². The van der Waals surface area contributed by atoms with E-state index in [-0.39, 0.29) is 5.78 Å². The Kier molecular flexibility index (Phi) is 10.6. The molecule has 1 atom stereocenters. The number of aliphatic hydroxyl groups excluding tert-OH is 1. The van der Waals surface area contributed by atoms with Gasteiger partial charge in [-0.2, -0.15) is 0 Å². The highest BCUT2D eigenvalue weighted by Gasteiger charge is 2.31. The lowest BCUT2D eigenvalue weighted by Gasteiger charge is -2.19. The molecule has 0 aromatic carbocycles. The van der Waals surface area contributed by atoms with E-state index in [9.17, 15) is 14.7 Å². The van der Waals surface area contributed by atoms with Crippen LogP contribution in [0.1, 0.15) is 85.0 Å². The summed E-state index contributed by atoms with van der Waals surface area (Å²) >= 11 is 0. The molecule has 20 heavy (non-hydrogen) atoms. The van der Waals surface area contributed by atoms with Gasteiger partial charge >= 0.3 is 0 Å². The highest BCUT2D eigenvalue weighted by atomic mass is 16.3. The first kappa shape index (κ1) is 19.3. The van der Waals surface area contributed by atoms with E-state index in [1.165, 1.54) is 44.9 Å². The molecule has 0 saturated heterocycles. The lowest BCUT2D eigenvalue weighted by Crippen LogP contribution is -2.35. The molecule has 118 valence electrons. The van der Waals surface area contributed by atoms with Gasteiger partial charge in [0, 0.05) is 0 Å². The number of Topliss-reactive ketones (excluding diaryl/α,β-unsaturated/α-hetero) is 1. The third-order valence-electron chi connectivity index (χ3n) is 3.81. The molecule has 1 N–H and O–H groups in total. The van der Waals surface area contributed by atoms with Gasteiger partial charge in [0.05, 0.1) is 5.41 Å². The number of carbonyl (C=O) groups is 2. The summed E-state index contributed by atoms with van der Waals surface area (Å²) in [4.78, 5) is 22.5. The Bertz CT molecular complexity index is 271. The van der Waals surface area contributed by atoms with Gasteiger partial charge < -0.3 is 9.90 Å². The van der Waals surface area contributed by atoms with Crippen LogP contribution in [0.3, 0.4) is 0 Å². The summed E-state index contributed by atoms with van der Waals surface area (Å²) in [5, 5.41) is 9.78. The molecule has 0 aliphatic rings. The molecule has 3 heteroatoms. The van der Waals surface area contributed by atoms with Gasteiger partial charge in [0.15, 0.2) is 5.78 Å². The molecular weight excluding hydrogens is 252 g/mol. The van der Waals surface area contributed by atoms with E-state index in [0.717, 1.165) is 12.8 Å². The van der Waals surface area contributed by atoms with Gasteiger partial charge in [-0.25, -0.2) is 0 Å². The summed E-state index contributed by atoms with van der Waals surface area (Å²) in [5.74, 6) is -0.355. The van der Waals surface area contributed by atoms with E-state index < -0.39 is 11.5 Å². The minimum Gasteiger partial charge on any atom is -0.385 e. The smallest absolute Gasteiger partial charge is 0.173 e. The fourth-order valence-electron chi connectivity index (χ4n) is 2.27. The molecule has 0 radical (unpaired) electrons. The van der Waals surface area contributed by atoms with Crippen molar-refractivity contribution in [1.82, 2.24) is 0 Å². The third-order valence-corrected chi connectivity index (χ3v) is 3.81. The maximum absolute atomic E-state index is 11.8. The van der Waals surface area contributed by atoms with Crippen LogP contribution in [0.5, 0.6) is 0 Å². The van der Waals surface area contributed by atoms with E-state index in [1.807, 2.05) is 0 Å². The first-order valence-electron chi connectivity index (χ1n) is 8.14. The molecule has 0 bridgehead atoms. The zero-order valence-corrected chi connectivity index (χ0v) is 13.5. The first-order valence-corrected chi connectivity index (χ1v) is 8.14. The molecule has 0 aromatic heterocycles. The standard InChI is InChI=1S/C17H32O3/c1-4-5-6-7-8-9-10-11-12-13-15(19)16(20)17(2,3)14-18/h14-15,19H,4-13H2,1-3H3. The molecule has 3 nitrogen and oxygen atoms in total. The Morgan fingerprint density at radius 1 is 1.00 bits per heavy atom. The molecule has 0 aliphatic carbocycles. The molecular formula is C17H32O3. The second-order valence-electron chi connectivity index (χ2n) is 6.34. The van der Waals surface area contributed by atoms with Crippen molar-refractivity contribution in [3.05, 3.63) is 0 Å². The molecule has 0 heterocycles. The lowest BCUT2D eigenvalue weighted by molar-refractivity contribution is -0.139. The molecule has 0 fully saturated rings. The number of aldehydes is 1. The zero-order valence-electron chi connectivity index (χ0n) is 13.5. The Hall–Kier alpha value is -0.700. The maximum Gasteiger partial charge on any atom is 0.173 e. The zero-order chi connectivity index (χ0) is 15.4. The Labute approximate surface area is 124 Å². The van der Waals surface area contributed by atoms with Crippen molar-refractivity contribution in [2.45, 2.75) is 91.1 Å². The number of rotatable bonds is 13. The van der Waals surface area contributed by atoms with Crippen LogP contribution in [0.2, 0.25) is 0 Å². The predicted molar refractivity (Wildman–Crippen MR) is 82.7 cm³/mol. The second-order valence-corrected chi connectivity index (χ2v) is 6.34. The molecule has 0 saturated carbocycles. The Morgan fingerprint density at radius 3 is 1.90 bits per heavy atom. The summed E-state index contributed by atoms with van der Waals surface area (Å²) in [6.45, 7) is 5.34. The van der Waals surface area contributed by atoms with E-state index in [2.05, 4.69) is 6.92 Å². The molecule has 0 aromatic rings. The molecule has 0 spiro atoms. The number of carbonyl (C=O) groups excluding carboxylic acids is 2. The van der Waals surface area contributed by atoms with Gasteiger partial charge in [-0.3, -0.25) is 4.79 Å². The fraction of sp³-hybridized carbons (Fsp3) is 0.882. The molecule has 1 unspecified atom stereocenters. The van der Waals surface area contributed by atoms with Crippen LogP contribution in [0.4, 0.5) is 0 Å². The van der Waals surface area contributed by atoms with Crippen LogP contribution in [-0.4, -0.2) is 23.3 Å². The van der Waals surface area contributed by atoms with Crippen molar-refractivity contribution in [1.29, 1.82) is 0 Å². The van der Waals surface area contributed by atoms with Gasteiger partial charge in [0.2, 0.25) is 0 Å². The van der Waals surface area contributed by atoms with Gasteiger partial charge in [0.25, 0.3) is 0 Å². The fourth-order valence-corrected chi connectivity index (χ4v) is 2.27. The molecule has 0 rings (SSSR count). The van der Waals surface area contributed by atoms with Crippen molar-refractivity contribution in [3.8, 4) is 0 Å². The quantitative estimate of drug-likeness (QED) is 0.315. The summed E-state index contributed by atoms with van der Waals surface area (Å²) in [7, 11) is 0. The highest BCUT2D eigenvalue weighted by molar-refractivity contribution is 5.99. The lowest BCUT2D eigenvalue weighted by atomic mass is 9.85. The van der Waals surface area contributed by atoms with Gasteiger partial charge in [-0.05, 0) is 20.3 Å². The van der Waals surface area contributed by atoms with Gasteiger partial charge in [0.1, 0.15) is 12.4 Å². The number of hydrogen-bond donors (Lipinski definition) is 1. The van der Waals surface area contributed by atoms with Crippen LogP contribution >= 0.6 is 0 Å². The molecule has 0 amide bonds.